The van der Waals surface area contributed by atoms with Crippen molar-refractivity contribution in [2.24, 2.45) is 5.92 Å². The van der Waals surface area contributed by atoms with Crippen molar-refractivity contribution in [2.45, 2.75) is 20.4 Å². The van der Waals surface area contributed by atoms with E-state index in [2.05, 4.69) is 50.7 Å². The third kappa shape index (κ3) is 3.37. The van der Waals surface area contributed by atoms with Crippen LogP contribution < -0.4 is 5.32 Å². The van der Waals surface area contributed by atoms with Crippen LogP contribution in [0.4, 0.5) is 0 Å². The van der Waals surface area contributed by atoms with Crippen LogP contribution in [0.5, 0.6) is 0 Å². The largest absolute Gasteiger partial charge is 0.311 e. The topological polar surface area (TPSA) is 37.8 Å². The lowest BCUT2D eigenvalue weighted by Crippen LogP contribution is -2.18. The van der Waals surface area contributed by atoms with Crippen LogP contribution in [0, 0.1) is 5.92 Å². The maximum Gasteiger partial charge on any atom is 0.111 e. The average molecular weight is 326 g/mol. The molecule has 3 nitrogen and oxygen atoms in total. The Kier molecular flexibility index (Phi) is 4.86. The Morgan fingerprint density at radius 1 is 1.33 bits per heavy atom. The van der Waals surface area contributed by atoms with Crippen LogP contribution in [0.1, 0.15) is 18.7 Å². The van der Waals surface area contributed by atoms with Crippen molar-refractivity contribution < 1.29 is 0 Å². The van der Waals surface area contributed by atoms with Crippen LogP contribution in [0.25, 0.3) is 11.3 Å². The quantitative estimate of drug-likeness (QED) is 0.910. The van der Waals surface area contributed by atoms with Gasteiger partial charge in [0.15, 0.2) is 0 Å². The van der Waals surface area contributed by atoms with E-state index in [-0.39, 0.29) is 0 Å². The third-order valence-corrected chi connectivity index (χ3v) is 3.94. The van der Waals surface area contributed by atoms with Gasteiger partial charge in [-0.15, -0.1) is 5.10 Å². The summed E-state index contributed by atoms with van der Waals surface area (Å²) in [5.41, 5.74) is 2.08. The number of halogens is 1. The Morgan fingerprint density at radius 2 is 2.11 bits per heavy atom. The lowest BCUT2D eigenvalue weighted by Gasteiger charge is -2.07. The van der Waals surface area contributed by atoms with Gasteiger partial charge in [0, 0.05) is 16.6 Å². The SMILES string of the molecule is CC(C)CNCc1snnc1-c1ccccc1Br. The summed E-state index contributed by atoms with van der Waals surface area (Å²) in [7, 11) is 0. The molecule has 0 aliphatic carbocycles. The number of rotatable bonds is 5. The highest BCUT2D eigenvalue weighted by Gasteiger charge is 2.12. The van der Waals surface area contributed by atoms with E-state index in [9.17, 15) is 0 Å². The summed E-state index contributed by atoms with van der Waals surface area (Å²) in [4.78, 5) is 1.18. The van der Waals surface area contributed by atoms with Crippen molar-refractivity contribution in [3.8, 4) is 11.3 Å². The zero-order valence-electron chi connectivity index (χ0n) is 10.5. The normalized spacial score (nSPS) is 11.1. The molecule has 96 valence electrons. The number of nitrogens with one attached hydrogen (secondary N) is 1. The van der Waals surface area contributed by atoms with Gasteiger partial charge >= 0.3 is 0 Å². The molecule has 0 unspecified atom stereocenters. The number of benzene rings is 1. The van der Waals surface area contributed by atoms with Gasteiger partial charge in [-0.2, -0.15) is 0 Å². The molecule has 0 spiro atoms. The number of aromatic nitrogens is 2. The standard InChI is InChI=1S/C13H16BrN3S/c1-9(2)7-15-8-12-13(16-17-18-12)10-5-3-4-6-11(10)14/h3-6,9,15H,7-8H2,1-2H3. The molecule has 0 amide bonds. The van der Waals surface area contributed by atoms with Crippen LogP contribution in [-0.2, 0) is 6.54 Å². The van der Waals surface area contributed by atoms with Crippen molar-refractivity contribution in [3.05, 3.63) is 33.6 Å². The molecule has 0 atom stereocenters. The molecule has 5 heteroatoms. The summed E-state index contributed by atoms with van der Waals surface area (Å²) in [6.45, 7) is 6.24. The fraction of sp³-hybridized carbons (Fsp3) is 0.385. The van der Waals surface area contributed by atoms with Crippen LogP contribution in [0.3, 0.4) is 0 Å². The minimum atomic E-state index is 0.651. The molecule has 18 heavy (non-hydrogen) atoms. The van der Waals surface area contributed by atoms with Crippen LogP contribution in [0.15, 0.2) is 28.7 Å². The van der Waals surface area contributed by atoms with E-state index in [1.165, 1.54) is 16.4 Å². The van der Waals surface area contributed by atoms with Gasteiger partial charge in [-0.25, -0.2) is 0 Å². The van der Waals surface area contributed by atoms with Gasteiger partial charge in [0.2, 0.25) is 0 Å². The molecule has 0 bridgehead atoms. The van der Waals surface area contributed by atoms with Gasteiger partial charge in [-0.3, -0.25) is 0 Å². The summed E-state index contributed by atoms with van der Waals surface area (Å²) in [5, 5.41) is 7.68. The monoisotopic (exact) mass is 325 g/mol. The van der Waals surface area contributed by atoms with E-state index in [0.717, 1.165) is 28.8 Å². The Morgan fingerprint density at radius 3 is 2.83 bits per heavy atom. The van der Waals surface area contributed by atoms with E-state index >= 15 is 0 Å². The Labute approximate surface area is 120 Å². The molecule has 2 rings (SSSR count). The van der Waals surface area contributed by atoms with E-state index in [1.807, 2.05) is 18.2 Å². The van der Waals surface area contributed by atoms with Crippen molar-refractivity contribution in [1.82, 2.24) is 14.9 Å². The third-order valence-electron chi connectivity index (χ3n) is 2.52. The number of hydrogen-bond acceptors (Lipinski definition) is 4. The van der Waals surface area contributed by atoms with E-state index in [4.69, 9.17) is 0 Å². The van der Waals surface area contributed by atoms with Gasteiger partial charge < -0.3 is 5.32 Å². The van der Waals surface area contributed by atoms with Gasteiger partial charge in [0.1, 0.15) is 5.69 Å². The highest BCUT2D eigenvalue weighted by Crippen LogP contribution is 2.30. The Balaban J connectivity index is 2.15. The second kappa shape index (κ2) is 6.41. The average Bonchev–Trinajstić information content (AvgIpc) is 2.77. The molecule has 0 aliphatic heterocycles. The molecule has 0 saturated heterocycles. The van der Waals surface area contributed by atoms with Crippen molar-refractivity contribution in [3.63, 3.8) is 0 Å². The molecule has 2 aromatic rings. The predicted molar refractivity (Wildman–Crippen MR) is 79.6 cm³/mol. The summed E-state index contributed by atoms with van der Waals surface area (Å²) in [5.74, 6) is 0.651. The molecule has 0 fully saturated rings. The Hall–Kier alpha value is -0.780. The van der Waals surface area contributed by atoms with E-state index in [0.29, 0.717) is 5.92 Å². The summed E-state index contributed by atoms with van der Waals surface area (Å²) >= 11 is 5.02. The summed E-state index contributed by atoms with van der Waals surface area (Å²) in [6.07, 6.45) is 0. The van der Waals surface area contributed by atoms with Crippen molar-refractivity contribution >= 4 is 27.5 Å². The second-order valence-electron chi connectivity index (χ2n) is 4.55. The van der Waals surface area contributed by atoms with Crippen LogP contribution in [-0.4, -0.2) is 16.1 Å². The summed E-state index contributed by atoms with van der Waals surface area (Å²) < 4.78 is 5.13. The minimum Gasteiger partial charge on any atom is -0.311 e. The van der Waals surface area contributed by atoms with Crippen LogP contribution in [0.2, 0.25) is 0 Å². The first-order valence-electron chi connectivity index (χ1n) is 5.95. The highest BCUT2D eigenvalue weighted by molar-refractivity contribution is 9.10. The molecule has 1 heterocycles. The first-order valence-corrected chi connectivity index (χ1v) is 7.52. The molecular weight excluding hydrogens is 310 g/mol. The molecule has 0 radical (unpaired) electrons. The smallest absolute Gasteiger partial charge is 0.111 e. The maximum absolute atomic E-state index is 4.24. The predicted octanol–water partition coefficient (Wildman–Crippen LogP) is 3.71. The maximum atomic E-state index is 4.24. The molecule has 0 aliphatic rings. The molecule has 0 saturated carbocycles. The minimum absolute atomic E-state index is 0.651. The zero-order chi connectivity index (χ0) is 13.0. The lowest BCUT2D eigenvalue weighted by atomic mass is 10.1. The fourth-order valence-corrected chi connectivity index (χ4v) is 2.75. The molecule has 1 N–H and O–H groups in total. The van der Waals surface area contributed by atoms with Gasteiger partial charge in [0.25, 0.3) is 0 Å². The van der Waals surface area contributed by atoms with Crippen molar-refractivity contribution in [2.75, 3.05) is 6.54 Å². The summed E-state index contributed by atoms with van der Waals surface area (Å²) in [6, 6.07) is 8.11. The first-order chi connectivity index (χ1) is 8.68. The van der Waals surface area contributed by atoms with Crippen LogP contribution >= 0.6 is 27.5 Å². The van der Waals surface area contributed by atoms with E-state index < -0.39 is 0 Å². The van der Waals surface area contributed by atoms with E-state index in [1.54, 1.807) is 0 Å². The highest BCUT2D eigenvalue weighted by atomic mass is 79.9. The number of hydrogen-bond donors (Lipinski definition) is 1. The Bertz CT molecular complexity index is 510. The lowest BCUT2D eigenvalue weighted by molar-refractivity contribution is 0.555. The molecule has 1 aromatic heterocycles. The second-order valence-corrected chi connectivity index (χ2v) is 6.24. The first kappa shape index (κ1) is 13.6. The van der Waals surface area contributed by atoms with Gasteiger partial charge in [0.05, 0.1) is 4.88 Å². The zero-order valence-corrected chi connectivity index (χ0v) is 12.9. The fourth-order valence-electron chi connectivity index (χ4n) is 1.66. The molecular formula is C13H16BrN3S. The van der Waals surface area contributed by atoms with Gasteiger partial charge in [-0.1, -0.05) is 52.5 Å². The molecule has 1 aromatic carbocycles. The van der Waals surface area contributed by atoms with Gasteiger partial charge in [-0.05, 0) is 30.1 Å². The number of nitrogens with zero attached hydrogens (tertiary/aromatic N) is 2. The van der Waals surface area contributed by atoms with Crippen molar-refractivity contribution in [1.29, 1.82) is 0 Å².